The van der Waals surface area contributed by atoms with E-state index < -0.39 is 17.5 Å². The van der Waals surface area contributed by atoms with Gasteiger partial charge >= 0.3 is 0 Å². The lowest BCUT2D eigenvalue weighted by atomic mass is 9.81. The van der Waals surface area contributed by atoms with E-state index in [9.17, 15) is 18.0 Å². The van der Waals surface area contributed by atoms with Crippen molar-refractivity contribution in [2.45, 2.75) is 44.7 Å². The number of hydrogen-bond acceptors (Lipinski definition) is 4. The second-order valence-electron chi connectivity index (χ2n) is 9.40. The van der Waals surface area contributed by atoms with Gasteiger partial charge < -0.3 is 4.90 Å². The number of piperidine rings is 1. The van der Waals surface area contributed by atoms with E-state index in [1.165, 1.54) is 4.80 Å². The Labute approximate surface area is 205 Å². The Morgan fingerprint density at radius 2 is 1.78 bits per heavy atom. The molecule has 184 valence electrons. The van der Waals surface area contributed by atoms with E-state index in [2.05, 4.69) is 10.2 Å². The fraction of sp³-hybridized carbons (Fsp3) is 0.308. The minimum Gasteiger partial charge on any atom is -0.327 e. The molecule has 6 rings (SSSR count). The zero-order valence-corrected chi connectivity index (χ0v) is 19.8. The van der Waals surface area contributed by atoms with Gasteiger partial charge in [-0.3, -0.25) is 9.48 Å². The third-order valence-corrected chi connectivity index (χ3v) is 7.25. The van der Waals surface area contributed by atoms with E-state index in [0.717, 1.165) is 42.5 Å². The minimum atomic E-state index is -1.50. The molecule has 1 saturated heterocycles. The van der Waals surface area contributed by atoms with Crippen molar-refractivity contribution in [3.05, 3.63) is 82.6 Å². The Morgan fingerprint density at radius 3 is 2.50 bits per heavy atom. The maximum Gasteiger partial charge on any atom is 0.256 e. The Hall–Kier alpha value is -3.95. The van der Waals surface area contributed by atoms with Crippen molar-refractivity contribution >= 4 is 5.91 Å². The highest BCUT2D eigenvalue weighted by atomic mass is 19.2. The van der Waals surface area contributed by atoms with Crippen LogP contribution in [-0.2, 0) is 13.5 Å². The molecule has 2 aromatic carbocycles. The van der Waals surface area contributed by atoms with Gasteiger partial charge in [0.05, 0.1) is 35.4 Å². The van der Waals surface area contributed by atoms with Crippen LogP contribution in [0.3, 0.4) is 0 Å². The molecule has 2 atom stereocenters. The Bertz CT molecular complexity index is 1470. The molecular formula is C26H23F3N6O. The van der Waals surface area contributed by atoms with Crippen LogP contribution >= 0.6 is 0 Å². The van der Waals surface area contributed by atoms with Crippen molar-refractivity contribution < 1.29 is 18.0 Å². The summed E-state index contributed by atoms with van der Waals surface area (Å²) in [6.07, 6.45) is 6.08. The number of carbonyl (C=O) groups excluding carboxylic acids is 1. The van der Waals surface area contributed by atoms with Crippen LogP contribution in [0.4, 0.5) is 13.2 Å². The zero-order valence-electron chi connectivity index (χ0n) is 19.8. The van der Waals surface area contributed by atoms with Crippen LogP contribution in [0.5, 0.6) is 0 Å². The van der Waals surface area contributed by atoms with Crippen molar-refractivity contribution in [2.75, 3.05) is 0 Å². The second-order valence-corrected chi connectivity index (χ2v) is 9.40. The summed E-state index contributed by atoms with van der Waals surface area (Å²) < 4.78 is 43.3. The van der Waals surface area contributed by atoms with Crippen molar-refractivity contribution in [3.8, 4) is 16.9 Å². The predicted octanol–water partition coefficient (Wildman–Crippen LogP) is 4.69. The molecule has 0 spiro atoms. The standard InChI is InChI=1S/C26H23F3N6O/c1-14-5-3-7-17(24(14)35-30-9-10-31-35)26(36)34-16-6-4-8-21(34)23-18(13-16)25(33(2)32-23)15-11-19(27)22(29)20(28)12-15/h3,5,7,9-12,16,21H,4,6,8,13H2,1-2H3/t16-,21+/m1/s1. The van der Waals surface area contributed by atoms with E-state index in [4.69, 9.17) is 5.10 Å². The largest absolute Gasteiger partial charge is 0.327 e. The highest BCUT2D eigenvalue weighted by molar-refractivity contribution is 5.99. The quantitative estimate of drug-likeness (QED) is 0.390. The lowest BCUT2D eigenvalue weighted by Crippen LogP contribution is -2.50. The molecule has 1 amide bonds. The fourth-order valence-corrected chi connectivity index (χ4v) is 5.77. The van der Waals surface area contributed by atoms with Gasteiger partial charge in [-0.1, -0.05) is 12.1 Å². The molecule has 1 fully saturated rings. The first-order valence-electron chi connectivity index (χ1n) is 11.8. The number of halogens is 3. The summed E-state index contributed by atoms with van der Waals surface area (Å²) >= 11 is 0. The molecule has 4 heterocycles. The van der Waals surface area contributed by atoms with Crippen molar-refractivity contribution in [1.29, 1.82) is 0 Å². The number of fused-ring (bicyclic) bond motifs is 4. The number of benzene rings is 2. The molecule has 0 saturated carbocycles. The van der Waals surface area contributed by atoms with Gasteiger partial charge in [-0.25, -0.2) is 13.2 Å². The summed E-state index contributed by atoms with van der Waals surface area (Å²) in [5.74, 6) is -4.11. The summed E-state index contributed by atoms with van der Waals surface area (Å²) in [7, 11) is 1.70. The highest BCUT2D eigenvalue weighted by Gasteiger charge is 2.44. The lowest BCUT2D eigenvalue weighted by Gasteiger charge is -2.45. The van der Waals surface area contributed by atoms with E-state index in [0.29, 0.717) is 29.1 Å². The number of nitrogens with zero attached hydrogens (tertiary/aromatic N) is 6. The normalized spacial score (nSPS) is 18.9. The summed E-state index contributed by atoms with van der Waals surface area (Å²) in [5, 5.41) is 13.2. The zero-order chi connectivity index (χ0) is 25.1. The molecule has 0 N–H and O–H groups in total. The summed E-state index contributed by atoms with van der Waals surface area (Å²) in [4.78, 5) is 17.4. The third kappa shape index (κ3) is 3.35. The average Bonchev–Trinajstić information content (AvgIpc) is 3.49. The maximum atomic E-state index is 14.1. The smallest absolute Gasteiger partial charge is 0.256 e. The molecule has 0 aliphatic carbocycles. The van der Waals surface area contributed by atoms with Gasteiger partial charge in [0.1, 0.15) is 5.69 Å². The Balaban J connectivity index is 1.45. The van der Waals surface area contributed by atoms with E-state index >= 15 is 0 Å². The van der Waals surface area contributed by atoms with Crippen molar-refractivity contribution in [1.82, 2.24) is 29.7 Å². The summed E-state index contributed by atoms with van der Waals surface area (Å²) in [6.45, 7) is 1.91. The number of carbonyl (C=O) groups is 1. The highest BCUT2D eigenvalue weighted by Crippen LogP contribution is 2.45. The summed E-state index contributed by atoms with van der Waals surface area (Å²) in [6, 6.07) is 7.15. The van der Waals surface area contributed by atoms with E-state index in [-0.39, 0.29) is 23.6 Å². The molecule has 4 aromatic rings. The first-order chi connectivity index (χ1) is 17.3. The third-order valence-electron chi connectivity index (χ3n) is 7.25. The van der Waals surface area contributed by atoms with Crippen molar-refractivity contribution in [2.24, 2.45) is 7.05 Å². The van der Waals surface area contributed by atoms with E-state index in [1.807, 2.05) is 24.0 Å². The number of aromatic nitrogens is 5. The number of amides is 1. The molecule has 2 aromatic heterocycles. The molecule has 0 radical (unpaired) electrons. The number of hydrogen-bond donors (Lipinski definition) is 0. The van der Waals surface area contributed by atoms with Crippen LogP contribution < -0.4 is 0 Å². The van der Waals surface area contributed by atoms with Gasteiger partial charge in [-0.05, 0) is 56.4 Å². The van der Waals surface area contributed by atoms with Crippen LogP contribution in [0.1, 0.15) is 52.5 Å². The van der Waals surface area contributed by atoms with Crippen LogP contribution in [-0.4, -0.2) is 41.6 Å². The van der Waals surface area contributed by atoms with Gasteiger partial charge in [0.25, 0.3) is 5.91 Å². The topological polar surface area (TPSA) is 68.8 Å². The Kier molecular flexibility index (Phi) is 5.20. The van der Waals surface area contributed by atoms with Gasteiger partial charge in [0.15, 0.2) is 17.5 Å². The number of para-hydroxylation sites is 1. The van der Waals surface area contributed by atoms with E-state index in [1.54, 1.807) is 30.2 Å². The second kappa shape index (κ2) is 8.32. The first kappa shape index (κ1) is 22.5. The van der Waals surface area contributed by atoms with Crippen LogP contribution in [0.15, 0.2) is 42.7 Å². The predicted molar refractivity (Wildman–Crippen MR) is 125 cm³/mol. The Morgan fingerprint density at radius 1 is 1.06 bits per heavy atom. The molecule has 36 heavy (non-hydrogen) atoms. The monoisotopic (exact) mass is 492 g/mol. The van der Waals surface area contributed by atoms with Gasteiger partial charge in [-0.15, -0.1) is 0 Å². The molecular weight excluding hydrogens is 469 g/mol. The van der Waals surface area contributed by atoms with Gasteiger partial charge in [0, 0.05) is 24.2 Å². The van der Waals surface area contributed by atoms with Crippen LogP contribution in [0.25, 0.3) is 16.9 Å². The average molecular weight is 493 g/mol. The molecule has 2 bridgehead atoms. The SMILES string of the molecule is Cc1cccc(C(=O)N2[C@@H]3CCC[C@H]2c2nn(C)c(-c4cc(F)c(F)c(F)c4)c2C3)c1-n1nccn1. The molecule has 0 unspecified atom stereocenters. The number of aryl methyl sites for hydroxylation is 2. The summed E-state index contributed by atoms with van der Waals surface area (Å²) in [5.41, 5.74) is 4.35. The first-order valence-corrected chi connectivity index (χ1v) is 11.8. The van der Waals surface area contributed by atoms with Gasteiger partial charge in [0.2, 0.25) is 0 Å². The fourth-order valence-electron chi connectivity index (χ4n) is 5.77. The minimum absolute atomic E-state index is 0.110. The lowest BCUT2D eigenvalue weighted by molar-refractivity contribution is 0.0391. The molecule has 2 aliphatic heterocycles. The van der Waals surface area contributed by atoms with Crippen LogP contribution in [0.2, 0.25) is 0 Å². The van der Waals surface area contributed by atoms with Crippen molar-refractivity contribution in [3.63, 3.8) is 0 Å². The van der Waals surface area contributed by atoms with Crippen LogP contribution in [0, 0.1) is 24.4 Å². The molecule has 2 aliphatic rings. The number of rotatable bonds is 3. The maximum absolute atomic E-state index is 14.1. The molecule has 10 heteroatoms. The molecule has 7 nitrogen and oxygen atoms in total. The van der Waals surface area contributed by atoms with Gasteiger partial charge in [-0.2, -0.15) is 20.1 Å².